The van der Waals surface area contributed by atoms with Crippen LogP contribution in [0.5, 0.6) is 0 Å². The highest BCUT2D eigenvalue weighted by Crippen LogP contribution is 2.49. The van der Waals surface area contributed by atoms with Crippen molar-refractivity contribution in [2.24, 2.45) is 11.8 Å². The highest BCUT2D eigenvalue weighted by molar-refractivity contribution is 5.10. The molecule has 2 rings (SSSR count). The number of ether oxygens (including phenoxy) is 1. The topological polar surface area (TPSA) is 12.2 Å². The minimum absolute atomic E-state index is 0.836. The summed E-state index contributed by atoms with van der Waals surface area (Å²) in [5, 5.41) is 0. The van der Waals surface area contributed by atoms with Crippen molar-refractivity contribution in [3.63, 3.8) is 0 Å². The van der Waals surface area contributed by atoms with Crippen molar-refractivity contribution in [2.75, 3.05) is 20.3 Å². The van der Waals surface area contributed by atoms with Gasteiger partial charge in [-0.25, -0.2) is 0 Å². The Morgan fingerprint density at radius 2 is 2.07 bits per heavy atom. The fourth-order valence-electron chi connectivity index (χ4n) is 2.77. The third-order valence-corrected chi connectivity index (χ3v) is 3.58. The van der Waals surface area contributed by atoms with Gasteiger partial charge >= 0.3 is 0 Å². The third kappa shape index (κ3) is 2.12. The van der Waals surface area contributed by atoms with Crippen LogP contribution in [0.25, 0.3) is 0 Å². The minimum Gasteiger partial charge on any atom is -0.385 e. The lowest BCUT2D eigenvalue weighted by molar-refractivity contribution is 0.187. The van der Waals surface area contributed by atoms with Gasteiger partial charge in [0, 0.05) is 32.3 Å². The van der Waals surface area contributed by atoms with Crippen molar-refractivity contribution in [3.8, 4) is 0 Å². The molecule has 0 bridgehead atoms. The standard InChI is InChI=1S/C12H23NO/c1-9(2)11-12(10-5-6-10)13(11)7-4-8-14-3/h9-12H,4-8H2,1-3H3. The van der Waals surface area contributed by atoms with Crippen molar-refractivity contribution in [2.45, 2.75) is 45.2 Å². The first-order valence-electron chi connectivity index (χ1n) is 6.00. The predicted molar refractivity (Wildman–Crippen MR) is 58.3 cm³/mol. The summed E-state index contributed by atoms with van der Waals surface area (Å²) in [6, 6.07) is 1.83. The van der Waals surface area contributed by atoms with Gasteiger partial charge in [-0.2, -0.15) is 0 Å². The zero-order valence-electron chi connectivity index (χ0n) is 9.70. The molecule has 0 N–H and O–H groups in total. The largest absolute Gasteiger partial charge is 0.385 e. The highest BCUT2D eigenvalue weighted by atomic mass is 16.5. The molecule has 1 aliphatic heterocycles. The van der Waals surface area contributed by atoms with Gasteiger partial charge < -0.3 is 4.74 Å². The molecule has 0 spiro atoms. The highest BCUT2D eigenvalue weighted by Gasteiger charge is 2.55. The molecule has 2 fully saturated rings. The van der Waals surface area contributed by atoms with E-state index in [0.717, 1.165) is 30.5 Å². The first kappa shape index (κ1) is 10.4. The molecular weight excluding hydrogens is 174 g/mol. The van der Waals surface area contributed by atoms with Crippen LogP contribution in [-0.4, -0.2) is 37.2 Å². The van der Waals surface area contributed by atoms with Crippen LogP contribution in [-0.2, 0) is 4.74 Å². The molecule has 2 aliphatic rings. The molecule has 0 aromatic rings. The Morgan fingerprint density at radius 3 is 2.57 bits per heavy atom. The molecule has 3 atom stereocenters. The second-order valence-corrected chi connectivity index (χ2v) is 5.15. The maximum atomic E-state index is 5.10. The van der Waals surface area contributed by atoms with Crippen molar-refractivity contribution < 1.29 is 4.74 Å². The van der Waals surface area contributed by atoms with Crippen molar-refractivity contribution in [1.29, 1.82) is 0 Å². The number of nitrogens with zero attached hydrogens (tertiary/aromatic N) is 1. The number of hydrogen-bond acceptors (Lipinski definition) is 2. The molecule has 2 heteroatoms. The van der Waals surface area contributed by atoms with Gasteiger partial charge in [0.1, 0.15) is 0 Å². The molecule has 2 nitrogen and oxygen atoms in total. The van der Waals surface area contributed by atoms with E-state index in [9.17, 15) is 0 Å². The van der Waals surface area contributed by atoms with Gasteiger partial charge in [0.15, 0.2) is 0 Å². The number of hydrogen-bond donors (Lipinski definition) is 0. The molecule has 1 aliphatic carbocycles. The summed E-state index contributed by atoms with van der Waals surface area (Å²) in [7, 11) is 1.79. The van der Waals surface area contributed by atoms with Crippen LogP contribution in [0, 0.1) is 11.8 Å². The van der Waals surface area contributed by atoms with Crippen LogP contribution in [0.3, 0.4) is 0 Å². The van der Waals surface area contributed by atoms with E-state index in [4.69, 9.17) is 4.74 Å². The summed E-state index contributed by atoms with van der Waals surface area (Å²) in [6.07, 6.45) is 4.16. The predicted octanol–water partition coefficient (Wildman–Crippen LogP) is 2.14. The second-order valence-electron chi connectivity index (χ2n) is 5.15. The maximum absolute atomic E-state index is 5.10. The molecule has 0 amide bonds. The number of methoxy groups -OCH3 is 1. The van der Waals surface area contributed by atoms with Gasteiger partial charge in [-0.1, -0.05) is 13.8 Å². The van der Waals surface area contributed by atoms with E-state index < -0.39 is 0 Å². The van der Waals surface area contributed by atoms with E-state index in [1.165, 1.54) is 25.8 Å². The van der Waals surface area contributed by atoms with Crippen LogP contribution < -0.4 is 0 Å². The zero-order chi connectivity index (χ0) is 10.1. The monoisotopic (exact) mass is 197 g/mol. The molecule has 82 valence electrons. The fourth-order valence-corrected chi connectivity index (χ4v) is 2.77. The van der Waals surface area contributed by atoms with E-state index in [-0.39, 0.29) is 0 Å². The summed E-state index contributed by atoms with van der Waals surface area (Å²) in [5.41, 5.74) is 0. The van der Waals surface area contributed by atoms with E-state index in [2.05, 4.69) is 18.7 Å². The van der Waals surface area contributed by atoms with E-state index in [1.807, 2.05) is 0 Å². The maximum Gasteiger partial charge on any atom is 0.0474 e. The lowest BCUT2D eigenvalue weighted by Crippen LogP contribution is -2.10. The summed E-state index contributed by atoms with van der Waals surface area (Å²) in [4.78, 5) is 2.70. The van der Waals surface area contributed by atoms with E-state index in [1.54, 1.807) is 7.11 Å². The van der Waals surface area contributed by atoms with Gasteiger partial charge in [0.25, 0.3) is 0 Å². The average molecular weight is 197 g/mol. The zero-order valence-corrected chi connectivity index (χ0v) is 9.70. The Morgan fingerprint density at radius 1 is 1.36 bits per heavy atom. The molecule has 0 aromatic heterocycles. The Kier molecular flexibility index (Phi) is 3.13. The van der Waals surface area contributed by atoms with Crippen LogP contribution in [0.2, 0.25) is 0 Å². The van der Waals surface area contributed by atoms with Crippen LogP contribution in [0.15, 0.2) is 0 Å². The van der Waals surface area contributed by atoms with E-state index >= 15 is 0 Å². The molecule has 3 unspecified atom stereocenters. The van der Waals surface area contributed by atoms with Crippen molar-refractivity contribution >= 4 is 0 Å². The summed E-state index contributed by atoms with van der Waals surface area (Å²) in [5.74, 6) is 1.88. The Balaban J connectivity index is 1.74. The lowest BCUT2D eigenvalue weighted by Gasteiger charge is -2.04. The lowest BCUT2D eigenvalue weighted by atomic mass is 10.1. The minimum atomic E-state index is 0.836. The number of rotatable bonds is 6. The molecular formula is C12H23NO. The van der Waals surface area contributed by atoms with Gasteiger partial charge in [-0.3, -0.25) is 4.90 Å². The molecule has 14 heavy (non-hydrogen) atoms. The third-order valence-electron chi connectivity index (χ3n) is 3.58. The average Bonchev–Trinajstić information content (AvgIpc) is 2.98. The van der Waals surface area contributed by atoms with Gasteiger partial charge in [0.2, 0.25) is 0 Å². The van der Waals surface area contributed by atoms with Crippen LogP contribution in [0.1, 0.15) is 33.1 Å². The molecule has 0 radical (unpaired) electrons. The summed E-state index contributed by atoms with van der Waals surface area (Å²) in [6.45, 7) is 6.88. The SMILES string of the molecule is COCCCN1C(C(C)C)C1C1CC1. The summed E-state index contributed by atoms with van der Waals surface area (Å²) >= 11 is 0. The Bertz CT molecular complexity index is 181. The second kappa shape index (κ2) is 4.19. The van der Waals surface area contributed by atoms with Gasteiger partial charge in [-0.05, 0) is 31.1 Å². The van der Waals surface area contributed by atoms with E-state index in [0.29, 0.717) is 0 Å². The molecule has 1 saturated heterocycles. The quantitative estimate of drug-likeness (QED) is 0.478. The van der Waals surface area contributed by atoms with Crippen LogP contribution >= 0.6 is 0 Å². The Hall–Kier alpha value is -0.0800. The fraction of sp³-hybridized carbons (Fsp3) is 1.00. The van der Waals surface area contributed by atoms with Crippen LogP contribution in [0.4, 0.5) is 0 Å². The summed E-state index contributed by atoms with van der Waals surface area (Å²) < 4.78 is 5.10. The van der Waals surface area contributed by atoms with Gasteiger partial charge in [-0.15, -0.1) is 0 Å². The normalized spacial score (nSPS) is 36.4. The van der Waals surface area contributed by atoms with Crippen molar-refractivity contribution in [1.82, 2.24) is 4.90 Å². The first-order valence-corrected chi connectivity index (χ1v) is 6.00. The Labute approximate surface area is 87.6 Å². The molecule has 0 aromatic carbocycles. The smallest absolute Gasteiger partial charge is 0.0474 e. The van der Waals surface area contributed by atoms with Gasteiger partial charge in [0.05, 0.1) is 0 Å². The van der Waals surface area contributed by atoms with Crippen molar-refractivity contribution in [3.05, 3.63) is 0 Å². The molecule has 1 heterocycles. The molecule has 1 saturated carbocycles. The first-order chi connectivity index (χ1) is 6.75.